The average molecular weight is 543 g/mol. The van der Waals surface area contributed by atoms with Crippen molar-refractivity contribution in [2.24, 2.45) is 10.8 Å². The van der Waals surface area contributed by atoms with Crippen LogP contribution in [0.15, 0.2) is 47.4 Å². The lowest BCUT2D eigenvalue weighted by atomic mass is 9.65. The summed E-state index contributed by atoms with van der Waals surface area (Å²) in [4.78, 5) is 27.8. The van der Waals surface area contributed by atoms with Crippen molar-refractivity contribution in [3.8, 4) is 5.75 Å². The quantitative estimate of drug-likeness (QED) is 0.445. The number of esters is 1. The zero-order valence-corrected chi connectivity index (χ0v) is 23.9. The maximum absolute atomic E-state index is 13.3. The van der Waals surface area contributed by atoms with Crippen molar-refractivity contribution in [3.63, 3.8) is 0 Å². The summed E-state index contributed by atoms with van der Waals surface area (Å²) in [7, 11) is -2.50. The first-order chi connectivity index (χ1) is 17.7. The van der Waals surface area contributed by atoms with Crippen LogP contribution in [0.25, 0.3) is 0 Å². The van der Waals surface area contributed by atoms with Crippen molar-refractivity contribution in [1.82, 2.24) is 4.90 Å². The minimum absolute atomic E-state index is 0.0405. The first-order valence-corrected chi connectivity index (χ1v) is 14.5. The van der Waals surface area contributed by atoms with Crippen LogP contribution in [-0.2, 0) is 19.6 Å². The van der Waals surface area contributed by atoms with Crippen LogP contribution in [0, 0.1) is 17.8 Å². The molecule has 2 bridgehead atoms. The Morgan fingerprint density at radius 1 is 1.08 bits per heavy atom. The molecule has 2 aromatic carbocycles. The molecule has 4 rings (SSSR count). The topological polar surface area (TPSA) is 93.2 Å². The number of anilines is 1. The molecule has 2 aromatic rings. The summed E-state index contributed by atoms with van der Waals surface area (Å²) < 4.78 is 38.7. The summed E-state index contributed by atoms with van der Waals surface area (Å²) in [5, 5.41) is 0. The number of fused-ring (bicyclic) bond motifs is 2. The van der Waals surface area contributed by atoms with Gasteiger partial charge in [-0.3, -0.25) is 9.10 Å². The molecule has 206 valence electrons. The Hall–Kier alpha value is -3.07. The zero-order chi connectivity index (χ0) is 27.9. The molecule has 0 spiro atoms. The number of benzene rings is 2. The fourth-order valence-corrected chi connectivity index (χ4v) is 7.46. The number of aryl methyl sites for hydroxylation is 1. The van der Waals surface area contributed by atoms with Crippen LogP contribution < -0.4 is 9.04 Å². The van der Waals surface area contributed by atoms with Crippen LogP contribution in [-0.4, -0.2) is 58.0 Å². The van der Waals surface area contributed by atoms with Gasteiger partial charge in [-0.05, 0) is 85.9 Å². The number of amides is 1. The molecule has 8 nitrogen and oxygen atoms in total. The monoisotopic (exact) mass is 542 g/mol. The maximum Gasteiger partial charge on any atom is 0.338 e. The summed E-state index contributed by atoms with van der Waals surface area (Å²) >= 11 is 0. The van der Waals surface area contributed by atoms with E-state index in [1.54, 1.807) is 37.3 Å². The largest absolute Gasteiger partial charge is 0.494 e. The van der Waals surface area contributed by atoms with Gasteiger partial charge in [-0.1, -0.05) is 26.8 Å². The van der Waals surface area contributed by atoms with E-state index in [0.29, 0.717) is 30.2 Å². The number of hydrogen-bond donors (Lipinski definition) is 0. The lowest BCUT2D eigenvalue weighted by Crippen LogP contribution is -2.39. The smallest absolute Gasteiger partial charge is 0.338 e. The van der Waals surface area contributed by atoms with E-state index in [1.165, 1.54) is 19.2 Å². The molecular formula is C29H38N2O6S. The highest BCUT2D eigenvalue weighted by atomic mass is 32.2. The van der Waals surface area contributed by atoms with Gasteiger partial charge in [0.05, 0.1) is 22.8 Å². The van der Waals surface area contributed by atoms with E-state index in [4.69, 9.17) is 9.47 Å². The van der Waals surface area contributed by atoms with Crippen molar-refractivity contribution < 1.29 is 27.5 Å². The van der Waals surface area contributed by atoms with Crippen molar-refractivity contribution in [1.29, 1.82) is 0 Å². The third-order valence-corrected chi connectivity index (χ3v) is 9.44. The zero-order valence-electron chi connectivity index (χ0n) is 23.1. The third-order valence-electron chi connectivity index (χ3n) is 7.66. The molecule has 2 unspecified atom stereocenters. The Morgan fingerprint density at radius 3 is 2.42 bits per heavy atom. The van der Waals surface area contributed by atoms with Crippen molar-refractivity contribution >= 4 is 27.6 Å². The molecule has 0 radical (unpaired) electrons. The van der Waals surface area contributed by atoms with Gasteiger partial charge in [0, 0.05) is 19.6 Å². The Morgan fingerprint density at radius 2 is 1.76 bits per heavy atom. The number of carbonyl (C=O) groups is 2. The molecule has 0 N–H and O–H groups in total. The first kappa shape index (κ1) is 28.0. The Labute approximate surface area is 226 Å². The number of carbonyl (C=O) groups excluding carboxylic acids is 2. The molecule has 1 aliphatic heterocycles. The lowest BCUT2D eigenvalue weighted by molar-refractivity contribution is -0.135. The third kappa shape index (κ3) is 5.67. The van der Waals surface area contributed by atoms with Crippen LogP contribution in [0.1, 0.15) is 62.9 Å². The van der Waals surface area contributed by atoms with E-state index in [2.05, 4.69) is 20.8 Å². The minimum atomic E-state index is -3.95. The van der Waals surface area contributed by atoms with E-state index in [-0.39, 0.29) is 39.8 Å². The van der Waals surface area contributed by atoms with Gasteiger partial charge in [0.15, 0.2) is 6.61 Å². The molecule has 2 aliphatic rings. The average Bonchev–Trinajstić information content (AvgIpc) is 3.11. The van der Waals surface area contributed by atoms with Gasteiger partial charge >= 0.3 is 5.97 Å². The molecule has 1 saturated heterocycles. The number of likely N-dealkylation sites (tertiary alicyclic amines) is 1. The second-order valence-electron chi connectivity index (χ2n) is 11.7. The summed E-state index contributed by atoms with van der Waals surface area (Å²) in [6, 6.07) is 11.2. The van der Waals surface area contributed by atoms with Crippen LogP contribution in [0.5, 0.6) is 5.75 Å². The predicted molar refractivity (Wildman–Crippen MR) is 146 cm³/mol. The van der Waals surface area contributed by atoms with Gasteiger partial charge in [-0.2, -0.15) is 0 Å². The fourth-order valence-electron chi connectivity index (χ4n) is 6.24. The van der Waals surface area contributed by atoms with Gasteiger partial charge in [-0.15, -0.1) is 0 Å². The maximum atomic E-state index is 13.3. The van der Waals surface area contributed by atoms with Gasteiger partial charge in [0.25, 0.3) is 15.9 Å². The predicted octanol–water partition coefficient (Wildman–Crippen LogP) is 4.80. The SMILES string of the molecule is CCOc1ccc(N(C)S(=O)(=O)c2ccc(C)c(C(=O)OCC(=O)N3CC4(C)CC3CC(C)(C)C4)c2)cc1. The lowest BCUT2D eigenvalue weighted by Gasteiger charge is -2.39. The molecule has 2 fully saturated rings. The normalized spacial score (nSPS) is 22.2. The molecule has 0 aromatic heterocycles. The molecule has 1 aliphatic carbocycles. The number of rotatable bonds is 8. The molecule has 1 heterocycles. The van der Waals surface area contributed by atoms with Crippen LogP contribution in [0.2, 0.25) is 0 Å². The highest BCUT2D eigenvalue weighted by Gasteiger charge is 2.51. The summed E-state index contributed by atoms with van der Waals surface area (Å²) in [6.45, 7) is 11.1. The molecular weight excluding hydrogens is 504 g/mol. The van der Waals surface area contributed by atoms with Crippen molar-refractivity contribution in [2.75, 3.05) is 31.1 Å². The van der Waals surface area contributed by atoms with Crippen LogP contribution >= 0.6 is 0 Å². The first-order valence-electron chi connectivity index (χ1n) is 13.0. The minimum Gasteiger partial charge on any atom is -0.494 e. The van der Waals surface area contributed by atoms with E-state index in [9.17, 15) is 18.0 Å². The number of sulfonamides is 1. The Kier molecular flexibility index (Phi) is 7.54. The van der Waals surface area contributed by atoms with E-state index >= 15 is 0 Å². The second-order valence-corrected chi connectivity index (χ2v) is 13.7. The Balaban J connectivity index is 1.46. The molecule has 1 amide bonds. The van der Waals surface area contributed by atoms with Gasteiger partial charge in [0.2, 0.25) is 0 Å². The highest BCUT2D eigenvalue weighted by Crippen LogP contribution is 2.52. The number of hydrogen-bond acceptors (Lipinski definition) is 6. The summed E-state index contributed by atoms with van der Waals surface area (Å²) in [6.07, 6.45) is 2.96. The van der Waals surface area contributed by atoms with Crippen molar-refractivity contribution in [2.45, 2.75) is 64.8 Å². The van der Waals surface area contributed by atoms with Gasteiger partial charge in [0.1, 0.15) is 5.75 Å². The van der Waals surface area contributed by atoms with Crippen LogP contribution in [0.3, 0.4) is 0 Å². The van der Waals surface area contributed by atoms with Crippen molar-refractivity contribution in [3.05, 3.63) is 53.6 Å². The van der Waals surface area contributed by atoms with E-state index in [0.717, 1.165) is 23.6 Å². The van der Waals surface area contributed by atoms with Gasteiger partial charge in [-0.25, -0.2) is 13.2 Å². The summed E-state index contributed by atoms with van der Waals surface area (Å²) in [5.41, 5.74) is 1.39. The van der Waals surface area contributed by atoms with E-state index in [1.807, 2.05) is 11.8 Å². The molecule has 38 heavy (non-hydrogen) atoms. The fraction of sp³-hybridized carbons (Fsp3) is 0.517. The Bertz CT molecular complexity index is 1320. The summed E-state index contributed by atoms with van der Waals surface area (Å²) in [5.74, 6) is -0.279. The molecule has 9 heteroatoms. The van der Waals surface area contributed by atoms with E-state index < -0.39 is 16.0 Å². The highest BCUT2D eigenvalue weighted by molar-refractivity contribution is 7.92. The van der Waals surface area contributed by atoms with Crippen LogP contribution in [0.4, 0.5) is 5.69 Å². The second kappa shape index (κ2) is 10.2. The number of ether oxygens (including phenoxy) is 2. The molecule has 1 saturated carbocycles. The molecule has 2 atom stereocenters. The standard InChI is InChI=1S/C29H38N2O6S/c1-7-36-23-11-9-21(10-12-23)30(6)38(34,35)24-13-8-20(2)25(14-24)27(33)37-17-26(32)31-19-29(5)16-22(31)15-28(3,4)18-29/h8-14,22H,7,15-19H2,1-6H3. The number of nitrogens with zero attached hydrogens (tertiary/aromatic N) is 2. The van der Waals surface area contributed by atoms with Gasteiger partial charge < -0.3 is 14.4 Å².